The van der Waals surface area contributed by atoms with Crippen LogP contribution in [0.3, 0.4) is 0 Å². The highest BCUT2D eigenvalue weighted by Gasteiger charge is 2.25. The molecule has 1 aliphatic rings. The van der Waals surface area contributed by atoms with Crippen molar-refractivity contribution in [1.29, 1.82) is 5.26 Å². The van der Waals surface area contributed by atoms with Crippen molar-refractivity contribution in [1.82, 2.24) is 5.32 Å². The van der Waals surface area contributed by atoms with Crippen molar-refractivity contribution >= 4 is 11.8 Å². The molecule has 0 aromatic carbocycles. The van der Waals surface area contributed by atoms with E-state index in [0.717, 1.165) is 11.7 Å². The van der Waals surface area contributed by atoms with Gasteiger partial charge in [0.1, 0.15) is 0 Å². The van der Waals surface area contributed by atoms with Gasteiger partial charge in [-0.3, -0.25) is 0 Å². The monoisotopic (exact) mass is 212 g/mol. The first kappa shape index (κ1) is 11.9. The second-order valence-electron chi connectivity index (χ2n) is 4.00. The Balaban J connectivity index is 2.27. The van der Waals surface area contributed by atoms with Crippen molar-refractivity contribution in [3.05, 3.63) is 0 Å². The van der Waals surface area contributed by atoms with Crippen LogP contribution in [-0.4, -0.2) is 23.6 Å². The van der Waals surface area contributed by atoms with Gasteiger partial charge in [0.05, 0.1) is 12.5 Å². The summed E-state index contributed by atoms with van der Waals surface area (Å²) in [5.74, 6) is 0. The van der Waals surface area contributed by atoms with Crippen molar-refractivity contribution in [3.8, 4) is 6.07 Å². The maximum Gasteiger partial charge on any atom is 0.0638 e. The number of hydrogen-bond donors (Lipinski definition) is 1. The summed E-state index contributed by atoms with van der Waals surface area (Å²) in [7, 11) is 0. The van der Waals surface area contributed by atoms with Gasteiger partial charge in [-0.2, -0.15) is 17.0 Å². The van der Waals surface area contributed by atoms with E-state index in [1.54, 1.807) is 0 Å². The van der Waals surface area contributed by atoms with Gasteiger partial charge in [0.25, 0.3) is 0 Å². The van der Waals surface area contributed by atoms with Crippen molar-refractivity contribution in [2.45, 2.75) is 56.4 Å². The predicted octanol–water partition coefficient (Wildman–Crippen LogP) is 2.55. The van der Waals surface area contributed by atoms with Gasteiger partial charge in [0, 0.05) is 17.3 Å². The molecular weight excluding hydrogens is 192 g/mol. The van der Waals surface area contributed by atoms with Crippen LogP contribution in [0.1, 0.15) is 39.0 Å². The van der Waals surface area contributed by atoms with Crippen LogP contribution in [0.25, 0.3) is 0 Å². The van der Waals surface area contributed by atoms with Crippen molar-refractivity contribution in [2.75, 3.05) is 6.26 Å². The van der Waals surface area contributed by atoms with Crippen LogP contribution in [0.5, 0.6) is 0 Å². The Hall–Kier alpha value is -0.200. The minimum absolute atomic E-state index is 0.408. The van der Waals surface area contributed by atoms with Gasteiger partial charge in [0.2, 0.25) is 0 Å². The molecule has 3 atom stereocenters. The molecule has 3 heteroatoms. The van der Waals surface area contributed by atoms with Gasteiger partial charge >= 0.3 is 0 Å². The zero-order valence-electron chi connectivity index (χ0n) is 9.12. The quantitative estimate of drug-likeness (QED) is 0.761. The third kappa shape index (κ3) is 3.51. The lowest BCUT2D eigenvalue weighted by Crippen LogP contribution is -2.36. The van der Waals surface area contributed by atoms with E-state index in [1.165, 1.54) is 19.3 Å². The molecule has 0 saturated heterocycles. The molecule has 0 aromatic rings. The third-order valence-corrected chi connectivity index (χ3v) is 4.11. The number of hydrogen-bond acceptors (Lipinski definition) is 3. The average Bonchev–Trinajstić information content (AvgIpc) is 2.65. The van der Waals surface area contributed by atoms with Gasteiger partial charge < -0.3 is 5.32 Å². The lowest BCUT2D eigenvalue weighted by atomic mass is 10.1. The molecule has 0 spiro atoms. The maximum atomic E-state index is 8.65. The summed E-state index contributed by atoms with van der Waals surface area (Å²) in [6.45, 7) is 2.15. The first-order valence-corrected chi connectivity index (χ1v) is 6.74. The molecule has 0 aliphatic heterocycles. The highest BCUT2D eigenvalue weighted by molar-refractivity contribution is 7.99. The lowest BCUT2D eigenvalue weighted by Gasteiger charge is -2.19. The fourth-order valence-corrected chi connectivity index (χ4v) is 2.87. The van der Waals surface area contributed by atoms with E-state index in [9.17, 15) is 0 Å². The molecule has 80 valence electrons. The fourth-order valence-electron chi connectivity index (χ4n) is 2.07. The van der Waals surface area contributed by atoms with E-state index in [1.807, 2.05) is 11.8 Å². The zero-order valence-corrected chi connectivity index (χ0v) is 9.94. The third-order valence-electron chi connectivity index (χ3n) is 3.02. The van der Waals surface area contributed by atoms with Crippen LogP contribution in [0.2, 0.25) is 0 Å². The second-order valence-corrected chi connectivity index (χ2v) is 5.14. The zero-order chi connectivity index (χ0) is 10.4. The first-order valence-electron chi connectivity index (χ1n) is 5.46. The molecule has 1 rings (SSSR count). The Labute approximate surface area is 91.4 Å². The van der Waals surface area contributed by atoms with Gasteiger partial charge in [-0.1, -0.05) is 6.92 Å². The minimum Gasteiger partial charge on any atom is -0.310 e. The van der Waals surface area contributed by atoms with Crippen LogP contribution in [0.15, 0.2) is 0 Å². The lowest BCUT2D eigenvalue weighted by molar-refractivity contribution is 0.424. The largest absolute Gasteiger partial charge is 0.310 e. The number of rotatable bonds is 5. The summed E-state index contributed by atoms with van der Waals surface area (Å²) in [6.07, 6.45) is 7.81. The number of thioether (sulfide) groups is 1. The highest BCUT2D eigenvalue weighted by atomic mass is 32.2. The Kier molecular flexibility index (Phi) is 5.36. The summed E-state index contributed by atoms with van der Waals surface area (Å²) in [4.78, 5) is 0. The van der Waals surface area contributed by atoms with E-state index in [2.05, 4.69) is 24.6 Å². The van der Waals surface area contributed by atoms with Gasteiger partial charge in [-0.25, -0.2) is 0 Å². The Morgan fingerprint density at radius 1 is 1.57 bits per heavy atom. The van der Waals surface area contributed by atoms with Crippen LogP contribution in [-0.2, 0) is 0 Å². The van der Waals surface area contributed by atoms with Crippen molar-refractivity contribution in [3.63, 3.8) is 0 Å². The SMILES string of the molecule is CCC(CC#N)NC1CCC(SC)C1. The molecule has 0 heterocycles. The summed E-state index contributed by atoms with van der Waals surface area (Å²) in [5.41, 5.74) is 0. The van der Waals surface area contributed by atoms with Crippen LogP contribution in [0, 0.1) is 11.3 Å². The van der Waals surface area contributed by atoms with E-state index in [0.29, 0.717) is 18.5 Å². The van der Waals surface area contributed by atoms with E-state index in [4.69, 9.17) is 5.26 Å². The first-order chi connectivity index (χ1) is 6.80. The van der Waals surface area contributed by atoms with E-state index >= 15 is 0 Å². The Morgan fingerprint density at radius 3 is 2.86 bits per heavy atom. The summed E-state index contributed by atoms with van der Waals surface area (Å²) >= 11 is 1.98. The summed E-state index contributed by atoms with van der Waals surface area (Å²) < 4.78 is 0. The standard InChI is InChI=1S/C11H20N2S/c1-3-9(6-7-12)13-10-4-5-11(8-10)14-2/h9-11,13H,3-6,8H2,1-2H3. The minimum atomic E-state index is 0.408. The topological polar surface area (TPSA) is 35.8 Å². The van der Waals surface area contributed by atoms with Gasteiger partial charge in [-0.15, -0.1) is 0 Å². The molecule has 1 aliphatic carbocycles. The normalized spacial score (nSPS) is 28.6. The van der Waals surface area contributed by atoms with Crippen LogP contribution >= 0.6 is 11.8 Å². The fraction of sp³-hybridized carbons (Fsp3) is 0.909. The molecule has 3 unspecified atom stereocenters. The molecule has 0 aromatic heterocycles. The Morgan fingerprint density at radius 2 is 2.36 bits per heavy atom. The van der Waals surface area contributed by atoms with Crippen LogP contribution < -0.4 is 5.32 Å². The smallest absolute Gasteiger partial charge is 0.0638 e. The summed E-state index contributed by atoms with van der Waals surface area (Å²) in [6, 6.07) is 3.32. The number of nitriles is 1. The molecule has 14 heavy (non-hydrogen) atoms. The molecule has 0 radical (unpaired) electrons. The van der Waals surface area contributed by atoms with E-state index < -0.39 is 0 Å². The number of nitrogens with zero attached hydrogens (tertiary/aromatic N) is 1. The highest BCUT2D eigenvalue weighted by Crippen LogP contribution is 2.28. The molecule has 0 amide bonds. The molecule has 1 saturated carbocycles. The van der Waals surface area contributed by atoms with Crippen LogP contribution in [0.4, 0.5) is 0 Å². The van der Waals surface area contributed by atoms with Gasteiger partial charge in [-0.05, 0) is 31.9 Å². The van der Waals surface area contributed by atoms with Gasteiger partial charge in [0.15, 0.2) is 0 Å². The molecule has 0 bridgehead atoms. The molecular formula is C11H20N2S. The average molecular weight is 212 g/mol. The van der Waals surface area contributed by atoms with E-state index in [-0.39, 0.29) is 0 Å². The van der Waals surface area contributed by atoms with Crippen molar-refractivity contribution in [2.24, 2.45) is 0 Å². The number of nitrogens with one attached hydrogen (secondary N) is 1. The molecule has 1 fully saturated rings. The van der Waals surface area contributed by atoms with Crippen molar-refractivity contribution < 1.29 is 0 Å². The molecule has 1 N–H and O–H groups in total. The maximum absolute atomic E-state index is 8.65. The second kappa shape index (κ2) is 6.31. The predicted molar refractivity (Wildman–Crippen MR) is 62.4 cm³/mol. The molecule has 2 nitrogen and oxygen atoms in total. The Bertz CT molecular complexity index is 200. The summed E-state index contributed by atoms with van der Waals surface area (Å²) in [5, 5.41) is 13.1.